The molecule has 1 aromatic carbocycles. The minimum atomic E-state index is -0.774. The van der Waals surface area contributed by atoms with E-state index in [0.717, 1.165) is 11.4 Å². The van der Waals surface area contributed by atoms with Gasteiger partial charge in [0.15, 0.2) is 5.71 Å². The molecule has 0 bridgehead atoms. The quantitative estimate of drug-likeness (QED) is 0.803. The molecule has 0 fully saturated rings. The molecule has 1 aromatic heterocycles. The number of likely N-dealkylation sites (N-methyl/N-ethyl adjacent to an activating group) is 1. The standard InChI is InChI=1S/C14H13ClN3O/c1-17-12-4-2-3-9-18(12)16-13(14(17)19)10-5-7-11(15)8-6-10/h2-9,14,19H,1H3/q+1. The predicted molar refractivity (Wildman–Crippen MR) is 74.4 cm³/mol. The molecule has 0 spiro atoms. The number of pyridine rings is 1. The number of benzene rings is 1. The molecule has 4 nitrogen and oxygen atoms in total. The van der Waals surface area contributed by atoms with Gasteiger partial charge in [-0.3, -0.25) is 0 Å². The zero-order valence-electron chi connectivity index (χ0n) is 10.4. The molecule has 2 heterocycles. The lowest BCUT2D eigenvalue weighted by atomic mass is 10.1. The van der Waals surface area contributed by atoms with E-state index in [-0.39, 0.29) is 0 Å². The average Bonchev–Trinajstić information content (AvgIpc) is 2.44. The Morgan fingerprint density at radius 2 is 1.95 bits per heavy atom. The predicted octanol–water partition coefficient (Wildman–Crippen LogP) is 1.65. The fourth-order valence-corrected chi connectivity index (χ4v) is 2.22. The van der Waals surface area contributed by atoms with Crippen molar-refractivity contribution in [3.63, 3.8) is 0 Å². The number of nitrogens with zero attached hydrogens (tertiary/aromatic N) is 3. The second kappa shape index (κ2) is 4.64. The minimum absolute atomic E-state index is 0.600. The first-order chi connectivity index (χ1) is 9.16. The fraction of sp³-hybridized carbons (Fsp3) is 0.143. The molecule has 0 saturated heterocycles. The average molecular weight is 275 g/mol. The van der Waals surface area contributed by atoms with Crippen molar-refractivity contribution < 1.29 is 9.78 Å². The van der Waals surface area contributed by atoms with Crippen LogP contribution in [0.1, 0.15) is 5.56 Å². The lowest BCUT2D eigenvalue weighted by molar-refractivity contribution is -0.668. The highest BCUT2D eigenvalue weighted by Crippen LogP contribution is 2.18. The molecule has 0 aliphatic carbocycles. The molecular formula is C14H13ClN3O+. The van der Waals surface area contributed by atoms with E-state index < -0.39 is 6.23 Å². The molecule has 0 saturated carbocycles. The van der Waals surface area contributed by atoms with Crippen LogP contribution in [-0.2, 0) is 0 Å². The zero-order valence-corrected chi connectivity index (χ0v) is 11.1. The molecule has 1 aliphatic rings. The molecule has 1 atom stereocenters. The Balaban J connectivity index is 2.11. The number of hydrogen-bond donors (Lipinski definition) is 1. The summed E-state index contributed by atoms with van der Waals surface area (Å²) in [7, 11) is 1.83. The summed E-state index contributed by atoms with van der Waals surface area (Å²) in [5, 5.41) is 15.5. The van der Waals surface area contributed by atoms with Crippen molar-refractivity contribution in [2.24, 2.45) is 5.10 Å². The molecule has 0 amide bonds. The van der Waals surface area contributed by atoms with Crippen LogP contribution in [0.2, 0.25) is 5.02 Å². The molecule has 3 rings (SSSR count). The third-order valence-electron chi connectivity index (χ3n) is 3.15. The lowest BCUT2D eigenvalue weighted by Crippen LogP contribution is -2.52. The third kappa shape index (κ3) is 2.09. The van der Waals surface area contributed by atoms with Gasteiger partial charge < -0.3 is 5.11 Å². The largest absolute Gasteiger partial charge is 0.350 e. The molecule has 1 N–H and O–H groups in total. The maximum absolute atomic E-state index is 10.4. The van der Waals surface area contributed by atoms with Gasteiger partial charge in [0, 0.05) is 16.7 Å². The van der Waals surface area contributed by atoms with Crippen molar-refractivity contribution >= 4 is 23.1 Å². The van der Waals surface area contributed by atoms with Crippen molar-refractivity contribution in [2.45, 2.75) is 6.23 Å². The Bertz CT molecular complexity index is 639. The highest BCUT2D eigenvalue weighted by atomic mass is 35.5. The van der Waals surface area contributed by atoms with Crippen LogP contribution in [0.25, 0.3) is 0 Å². The van der Waals surface area contributed by atoms with Gasteiger partial charge in [-0.15, -0.1) is 4.68 Å². The van der Waals surface area contributed by atoms with Gasteiger partial charge in [-0.1, -0.05) is 34.9 Å². The number of aromatic nitrogens is 1. The first-order valence-corrected chi connectivity index (χ1v) is 6.31. The summed E-state index contributed by atoms with van der Waals surface area (Å²) in [6, 6.07) is 13.0. The first-order valence-electron chi connectivity index (χ1n) is 5.93. The highest BCUT2D eigenvalue weighted by molar-refractivity contribution is 6.30. The van der Waals surface area contributed by atoms with Crippen LogP contribution in [0.15, 0.2) is 53.8 Å². The van der Waals surface area contributed by atoms with Crippen LogP contribution in [-0.4, -0.2) is 24.1 Å². The summed E-state index contributed by atoms with van der Waals surface area (Å²) >= 11 is 5.88. The molecule has 19 heavy (non-hydrogen) atoms. The Hall–Kier alpha value is -1.91. The van der Waals surface area contributed by atoms with Gasteiger partial charge in [0.1, 0.15) is 6.20 Å². The first kappa shape index (κ1) is 12.1. The highest BCUT2D eigenvalue weighted by Gasteiger charge is 2.33. The van der Waals surface area contributed by atoms with Crippen molar-refractivity contribution in [1.82, 2.24) is 0 Å². The van der Waals surface area contributed by atoms with Crippen LogP contribution in [0.3, 0.4) is 0 Å². The molecule has 1 aliphatic heterocycles. The van der Waals surface area contributed by atoms with E-state index >= 15 is 0 Å². The summed E-state index contributed by atoms with van der Waals surface area (Å²) in [4.78, 5) is 1.77. The van der Waals surface area contributed by atoms with Crippen molar-refractivity contribution in [3.05, 3.63) is 59.2 Å². The van der Waals surface area contributed by atoms with Crippen molar-refractivity contribution in [1.29, 1.82) is 0 Å². The number of aliphatic hydroxyl groups excluding tert-OH is 1. The van der Waals surface area contributed by atoms with E-state index in [1.54, 1.807) is 21.7 Å². The number of rotatable bonds is 1. The molecule has 0 radical (unpaired) electrons. The van der Waals surface area contributed by atoms with Gasteiger partial charge in [-0.25, -0.2) is 4.90 Å². The van der Waals surface area contributed by atoms with E-state index in [4.69, 9.17) is 11.6 Å². The van der Waals surface area contributed by atoms with Gasteiger partial charge in [0.2, 0.25) is 6.23 Å². The molecule has 96 valence electrons. The molecule has 2 aromatic rings. The summed E-state index contributed by atoms with van der Waals surface area (Å²) in [6.07, 6.45) is 1.08. The monoisotopic (exact) mass is 274 g/mol. The Morgan fingerprint density at radius 1 is 1.21 bits per heavy atom. The normalized spacial score (nSPS) is 17.9. The fourth-order valence-electron chi connectivity index (χ4n) is 2.09. The van der Waals surface area contributed by atoms with Crippen LogP contribution in [0, 0.1) is 0 Å². The summed E-state index contributed by atoms with van der Waals surface area (Å²) in [5.74, 6) is 0.840. The number of anilines is 1. The van der Waals surface area contributed by atoms with Crippen molar-refractivity contribution in [2.75, 3.05) is 11.9 Å². The second-order valence-electron chi connectivity index (χ2n) is 4.38. The molecule has 1 unspecified atom stereocenters. The molecular weight excluding hydrogens is 262 g/mol. The lowest BCUT2D eigenvalue weighted by Gasteiger charge is -2.24. The smallest absolute Gasteiger partial charge is 0.304 e. The van der Waals surface area contributed by atoms with E-state index in [1.165, 1.54) is 0 Å². The van der Waals surface area contributed by atoms with E-state index in [2.05, 4.69) is 5.10 Å². The van der Waals surface area contributed by atoms with Crippen LogP contribution in [0.4, 0.5) is 5.82 Å². The second-order valence-corrected chi connectivity index (χ2v) is 4.82. The number of aliphatic hydroxyl groups is 1. The number of fused-ring (bicyclic) bond motifs is 1. The van der Waals surface area contributed by atoms with E-state index in [1.807, 2.05) is 43.6 Å². The van der Waals surface area contributed by atoms with Crippen LogP contribution < -0.4 is 9.58 Å². The number of halogens is 1. The topological polar surface area (TPSA) is 39.7 Å². The van der Waals surface area contributed by atoms with Gasteiger partial charge in [0.05, 0.1) is 7.05 Å². The van der Waals surface area contributed by atoms with Gasteiger partial charge in [-0.05, 0) is 18.2 Å². The Morgan fingerprint density at radius 3 is 2.68 bits per heavy atom. The number of hydrogen-bond acceptors (Lipinski definition) is 3. The van der Waals surface area contributed by atoms with Gasteiger partial charge >= 0.3 is 5.82 Å². The maximum atomic E-state index is 10.4. The molecule has 5 heteroatoms. The Labute approximate surface area is 116 Å². The van der Waals surface area contributed by atoms with Crippen molar-refractivity contribution in [3.8, 4) is 0 Å². The van der Waals surface area contributed by atoms with Crippen LogP contribution in [0.5, 0.6) is 0 Å². The third-order valence-corrected chi connectivity index (χ3v) is 3.40. The SMILES string of the molecule is CN1c2cccc[n+]2N=C(c2ccc(Cl)cc2)C1O. The Kier molecular flexibility index (Phi) is 2.97. The van der Waals surface area contributed by atoms with E-state index in [0.29, 0.717) is 10.7 Å². The van der Waals surface area contributed by atoms with Gasteiger partial charge in [-0.2, -0.15) is 0 Å². The maximum Gasteiger partial charge on any atom is 0.304 e. The summed E-state index contributed by atoms with van der Waals surface area (Å²) < 4.78 is 1.75. The van der Waals surface area contributed by atoms with Gasteiger partial charge in [0.25, 0.3) is 0 Å². The van der Waals surface area contributed by atoms with Crippen LogP contribution >= 0.6 is 11.6 Å². The summed E-state index contributed by atoms with van der Waals surface area (Å²) in [5.41, 5.74) is 1.45. The van der Waals surface area contributed by atoms with E-state index in [9.17, 15) is 5.11 Å². The zero-order chi connectivity index (χ0) is 13.4. The minimum Gasteiger partial charge on any atom is -0.350 e. The summed E-state index contributed by atoms with van der Waals surface area (Å²) in [6.45, 7) is 0.